The molecule has 4 rings (SSSR count). The monoisotopic (exact) mass is 309 g/mol. The van der Waals surface area contributed by atoms with E-state index in [0.29, 0.717) is 5.69 Å². The second kappa shape index (κ2) is 4.05. The van der Waals surface area contributed by atoms with Crippen molar-refractivity contribution in [2.24, 2.45) is 11.8 Å². The lowest BCUT2D eigenvalue weighted by atomic mass is 9.74. The number of imide groups is 1. The number of nitrogens with zero attached hydrogens (tertiary/aromatic N) is 1. The lowest BCUT2D eigenvalue weighted by Gasteiger charge is -2.26. The number of fused-ring (bicyclic) bond motifs is 5. The molecule has 2 amide bonds. The molecule has 1 aromatic carbocycles. The van der Waals surface area contributed by atoms with Gasteiger partial charge in [0.2, 0.25) is 11.8 Å². The first-order valence-corrected chi connectivity index (χ1v) is 7.31. The molecule has 1 aromatic rings. The van der Waals surface area contributed by atoms with Gasteiger partial charge in [-0.25, -0.2) is 9.29 Å². The Hall–Kier alpha value is -1.46. The van der Waals surface area contributed by atoms with E-state index in [1.165, 1.54) is 18.2 Å². The highest BCUT2D eigenvalue weighted by molar-refractivity contribution is 6.31. The molecule has 0 saturated carbocycles. The zero-order valence-electron chi connectivity index (χ0n) is 11.3. The summed E-state index contributed by atoms with van der Waals surface area (Å²) in [6, 6.07) is 3.89. The van der Waals surface area contributed by atoms with Crippen molar-refractivity contribution in [1.82, 2.24) is 0 Å². The number of carbonyl (C=O) groups is 2. The quantitative estimate of drug-likeness (QED) is 0.749. The second-order valence-electron chi connectivity index (χ2n) is 6.12. The van der Waals surface area contributed by atoms with Crippen molar-refractivity contribution in [1.29, 1.82) is 0 Å². The Bertz CT molecular complexity index is 679. The minimum atomic E-state index is -0.574. The number of hydrogen-bond acceptors (Lipinski definition) is 3. The molecule has 0 aromatic heterocycles. The van der Waals surface area contributed by atoms with E-state index in [9.17, 15) is 14.0 Å². The largest absolute Gasteiger partial charge is 0.370 e. The van der Waals surface area contributed by atoms with Crippen LogP contribution in [0, 0.1) is 17.7 Å². The average Bonchev–Trinajstić information content (AvgIpc) is 3.03. The average molecular weight is 310 g/mol. The lowest BCUT2D eigenvalue weighted by Crippen LogP contribution is -2.39. The minimum absolute atomic E-state index is 0.101. The maximum atomic E-state index is 13.3. The Morgan fingerprint density at radius 2 is 2.14 bits per heavy atom. The van der Waals surface area contributed by atoms with Gasteiger partial charge in [-0.3, -0.25) is 9.59 Å². The first kappa shape index (κ1) is 13.2. The van der Waals surface area contributed by atoms with Gasteiger partial charge in [0.1, 0.15) is 5.82 Å². The molecule has 110 valence electrons. The first-order valence-electron chi connectivity index (χ1n) is 6.93. The maximum absolute atomic E-state index is 13.3. The van der Waals surface area contributed by atoms with E-state index in [-0.39, 0.29) is 22.9 Å². The van der Waals surface area contributed by atoms with Gasteiger partial charge >= 0.3 is 0 Å². The molecule has 3 saturated heterocycles. The van der Waals surface area contributed by atoms with Gasteiger partial charge in [0, 0.05) is 0 Å². The van der Waals surface area contributed by atoms with E-state index in [1.54, 1.807) is 0 Å². The van der Waals surface area contributed by atoms with Crippen LogP contribution in [0.3, 0.4) is 0 Å². The number of benzene rings is 1. The van der Waals surface area contributed by atoms with Gasteiger partial charge in [-0.15, -0.1) is 0 Å². The predicted octanol–water partition coefficient (Wildman–Crippen LogP) is 2.54. The Morgan fingerprint density at radius 1 is 1.38 bits per heavy atom. The molecule has 3 fully saturated rings. The fourth-order valence-electron chi connectivity index (χ4n) is 3.96. The van der Waals surface area contributed by atoms with E-state index in [2.05, 4.69) is 0 Å². The summed E-state index contributed by atoms with van der Waals surface area (Å²) in [6.07, 6.45) is 1.40. The highest BCUT2D eigenvalue weighted by Gasteiger charge is 2.67. The van der Waals surface area contributed by atoms with Crippen molar-refractivity contribution in [2.45, 2.75) is 31.5 Å². The van der Waals surface area contributed by atoms with Crippen LogP contribution in [0.2, 0.25) is 5.02 Å². The molecule has 0 N–H and O–H groups in total. The van der Waals surface area contributed by atoms with Gasteiger partial charge in [-0.2, -0.15) is 0 Å². The van der Waals surface area contributed by atoms with Crippen molar-refractivity contribution in [3.05, 3.63) is 29.0 Å². The Kier molecular flexibility index (Phi) is 2.55. The number of halogens is 2. The summed E-state index contributed by atoms with van der Waals surface area (Å²) in [7, 11) is 0. The van der Waals surface area contributed by atoms with Crippen LogP contribution >= 0.6 is 11.6 Å². The number of amides is 2. The molecule has 4 nitrogen and oxygen atoms in total. The van der Waals surface area contributed by atoms with Crippen molar-refractivity contribution in [2.75, 3.05) is 4.90 Å². The van der Waals surface area contributed by atoms with Crippen LogP contribution < -0.4 is 4.90 Å². The topological polar surface area (TPSA) is 46.6 Å². The number of ether oxygens (including phenoxy) is 1. The van der Waals surface area contributed by atoms with Crippen molar-refractivity contribution in [3.63, 3.8) is 0 Å². The van der Waals surface area contributed by atoms with Gasteiger partial charge in [-0.1, -0.05) is 11.6 Å². The summed E-state index contributed by atoms with van der Waals surface area (Å²) in [4.78, 5) is 26.4. The zero-order valence-corrected chi connectivity index (χ0v) is 12.1. The smallest absolute Gasteiger partial charge is 0.240 e. The molecule has 3 aliphatic heterocycles. The summed E-state index contributed by atoms with van der Waals surface area (Å²) < 4.78 is 19.1. The molecule has 3 heterocycles. The van der Waals surface area contributed by atoms with Gasteiger partial charge in [-0.05, 0) is 38.0 Å². The van der Waals surface area contributed by atoms with E-state index < -0.39 is 23.3 Å². The van der Waals surface area contributed by atoms with Gasteiger partial charge in [0.25, 0.3) is 0 Å². The minimum Gasteiger partial charge on any atom is -0.370 e. The van der Waals surface area contributed by atoms with Crippen LogP contribution in [0.4, 0.5) is 10.1 Å². The molecule has 21 heavy (non-hydrogen) atoms. The van der Waals surface area contributed by atoms with Crippen LogP contribution in [-0.2, 0) is 14.3 Å². The molecular weight excluding hydrogens is 297 g/mol. The molecule has 0 spiro atoms. The Balaban J connectivity index is 1.77. The summed E-state index contributed by atoms with van der Waals surface area (Å²) in [5.74, 6) is -1.96. The summed E-state index contributed by atoms with van der Waals surface area (Å²) >= 11 is 5.76. The second-order valence-corrected chi connectivity index (χ2v) is 6.53. The van der Waals surface area contributed by atoms with Gasteiger partial charge in [0.05, 0.1) is 34.3 Å². The summed E-state index contributed by atoms with van der Waals surface area (Å²) in [6.45, 7) is 1.89. The predicted molar refractivity (Wildman–Crippen MR) is 73.4 cm³/mol. The van der Waals surface area contributed by atoms with Crippen LogP contribution in [0.15, 0.2) is 18.2 Å². The standard InChI is InChI=1S/C15H13ClFNO3/c1-15-5-4-10(21-15)11-12(15)14(20)18(13(11)19)7-2-3-9(17)8(16)6-7/h2-3,6,10-12H,4-5H2,1H3/t10-,11-,12+,15+/m1/s1. The normalized spacial score (nSPS) is 37.5. The molecule has 4 atom stereocenters. The molecule has 0 aliphatic carbocycles. The molecule has 2 bridgehead atoms. The number of carbonyl (C=O) groups excluding carboxylic acids is 2. The molecule has 0 radical (unpaired) electrons. The van der Waals surface area contributed by atoms with Crippen LogP contribution in [0.5, 0.6) is 0 Å². The fraction of sp³-hybridized carbons (Fsp3) is 0.467. The first-order chi connectivity index (χ1) is 9.92. The number of anilines is 1. The zero-order chi connectivity index (χ0) is 14.9. The summed E-state index contributed by atoms with van der Waals surface area (Å²) in [5, 5.41) is -0.101. The van der Waals surface area contributed by atoms with E-state index in [0.717, 1.165) is 17.7 Å². The van der Waals surface area contributed by atoms with Crippen molar-refractivity contribution >= 4 is 29.1 Å². The third-order valence-electron chi connectivity index (χ3n) is 4.92. The fourth-order valence-corrected chi connectivity index (χ4v) is 4.14. The van der Waals surface area contributed by atoms with Gasteiger partial charge in [0.15, 0.2) is 0 Å². The van der Waals surface area contributed by atoms with Crippen LogP contribution in [0.25, 0.3) is 0 Å². The van der Waals surface area contributed by atoms with E-state index in [4.69, 9.17) is 16.3 Å². The maximum Gasteiger partial charge on any atom is 0.240 e. The third kappa shape index (κ3) is 1.59. The summed E-state index contributed by atoms with van der Waals surface area (Å²) in [5.41, 5.74) is -0.227. The molecule has 6 heteroatoms. The highest BCUT2D eigenvalue weighted by Crippen LogP contribution is 2.55. The van der Waals surface area contributed by atoms with E-state index >= 15 is 0 Å². The Labute approximate surface area is 125 Å². The molecular formula is C15H13ClFNO3. The van der Waals surface area contributed by atoms with Crippen LogP contribution in [-0.4, -0.2) is 23.5 Å². The van der Waals surface area contributed by atoms with Crippen molar-refractivity contribution < 1.29 is 18.7 Å². The molecule has 3 aliphatic rings. The lowest BCUT2D eigenvalue weighted by molar-refractivity contribution is -0.126. The Morgan fingerprint density at radius 3 is 2.81 bits per heavy atom. The number of rotatable bonds is 1. The van der Waals surface area contributed by atoms with Crippen LogP contribution in [0.1, 0.15) is 19.8 Å². The molecule has 0 unspecified atom stereocenters. The van der Waals surface area contributed by atoms with Crippen molar-refractivity contribution in [3.8, 4) is 0 Å². The number of hydrogen-bond donors (Lipinski definition) is 0. The third-order valence-corrected chi connectivity index (χ3v) is 5.21. The van der Waals surface area contributed by atoms with Gasteiger partial charge < -0.3 is 4.74 Å². The SMILES string of the molecule is C[C@@]12CC[C@@H](O1)[C@H]1C(=O)N(c3ccc(F)c(Cl)c3)C(=O)[C@H]12. The van der Waals surface area contributed by atoms with E-state index in [1.807, 2.05) is 6.92 Å². The highest BCUT2D eigenvalue weighted by atomic mass is 35.5.